The zero-order valence-electron chi connectivity index (χ0n) is 12.4. The molecule has 1 fully saturated rings. The van der Waals surface area contributed by atoms with Crippen molar-refractivity contribution in [1.82, 2.24) is 15.0 Å². The van der Waals surface area contributed by atoms with Gasteiger partial charge in [-0.05, 0) is 44.0 Å². The molecule has 114 valence electrons. The van der Waals surface area contributed by atoms with Crippen LogP contribution in [0.4, 0.5) is 0 Å². The minimum atomic E-state index is 0.507. The molecule has 3 rings (SSSR count). The van der Waals surface area contributed by atoms with E-state index >= 15 is 0 Å². The molecule has 6 heteroatoms. The molecule has 21 heavy (non-hydrogen) atoms. The maximum Gasteiger partial charge on any atom is 0.241 e. The smallest absolute Gasteiger partial charge is 0.241 e. The molecule has 0 spiro atoms. The van der Waals surface area contributed by atoms with Crippen LogP contribution in [0.25, 0.3) is 11.6 Å². The van der Waals surface area contributed by atoms with Gasteiger partial charge in [0.25, 0.3) is 0 Å². The van der Waals surface area contributed by atoms with Gasteiger partial charge in [0.2, 0.25) is 11.7 Å². The maximum absolute atomic E-state index is 5.89. The first-order chi connectivity index (χ1) is 10.3. The highest BCUT2D eigenvalue weighted by Gasteiger charge is 2.31. The van der Waals surface area contributed by atoms with Crippen molar-refractivity contribution in [2.45, 2.75) is 38.8 Å². The van der Waals surface area contributed by atoms with Crippen molar-refractivity contribution in [3.05, 3.63) is 24.3 Å². The summed E-state index contributed by atoms with van der Waals surface area (Å²) in [6.07, 6.45) is 5.28. The highest BCUT2D eigenvalue weighted by atomic mass is 16.5. The van der Waals surface area contributed by atoms with Crippen LogP contribution in [0.15, 0.2) is 27.3 Å². The van der Waals surface area contributed by atoms with E-state index in [1.54, 1.807) is 6.26 Å². The lowest BCUT2D eigenvalue weighted by Crippen LogP contribution is -2.39. The van der Waals surface area contributed by atoms with Crippen LogP contribution in [-0.2, 0) is 6.54 Å². The predicted molar refractivity (Wildman–Crippen MR) is 78.3 cm³/mol. The third-order valence-electron chi connectivity index (χ3n) is 4.34. The van der Waals surface area contributed by atoms with E-state index in [2.05, 4.69) is 22.0 Å². The summed E-state index contributed by atoms with van der Waals surface area (Å²) < 4.78 is 10.6. The van der Waals surface area contributed by atoms with Gasteiger partial charge in [-0.1, -0.05) is 18.5 Å². The van der Waals surface area contributed by atoms with Crippen molar-refractivity contribution in [3.63, 3.8) is 0 Å². The van der Waals surface area contributed by atoms with Gasteiger partial charge in [0, 0.05) is 6.04 Å². The molecule has 0 aliphatic heterocycles. The molecule has 2 heterocycles. The lowest BCUT2D eigenvalue weighted by atomic mass is 10.0. The quantitative estimate of drug-likeness (QED) is 0.879. The van der Waals surface area contributed by atoms with E-state index in [0.29, 0.717) is 36.0 Å². The van der Waals surface area contributed by atoms with Crippen LogP contribution in [0.1, 0.15) is 32.1 Å². The molecule has 0 saturated heterocycles. The largest absolute Gasteiger partial charge is 0.461 e. The van der Waals surface area contributed by atoms with Gasteiger partial charge in [-0.15, -0.1) is 0 Å². The Hall–Kier alpha value is -1.66. The van der Waals surface area contributed by atoms with Gasteiger partial charge in [0.05, 0.1) is 12.8 Å². The third-order valence-corrected chi connectivity index (χ3v) is 4.34. The second kappa shape index (κ2) is 6.41. The second-order valence-electron chi connectivity index (χ2n) is 5.55. The Morgan fingerprint density at radius 2 is 2.33 bits per heavy atom. The molecule has 2 atom stereocenters. The second-order valence-corrected chi connectivity index (χ2v) is 5.55. The molecule has 2 aromatic heterocycles. The van der Waals surface area contributed by atoms with Gasteiger partial charge >= 0.3 is 0 Å². The van der Waals surface area contributed by atoms with Crippen LogP contribution in [0.2, 0.25) is 0 Å². The maximum atomic E-state index is 5.89. The standard InChI is InChI=1S/C15H22N4O2/c1-2-19(12-6-3-5-11(12)9-16)10-14-17-15(18-21-14)13-7-4-8-20-13/h4,7-8,11-12H,2-3,5-6,9-10,16H2,1H3. The third kappa shape index (κ3) is 3.01. The summed E-state index contributed by atoms with van der Waals surface area (Å²) in [6.45, 7) is 4.54. The van der Waals surface area contributed by atoms with Crippen molar-refractivity contribution in [1.29, 1.82) is 0 Å². The van der Waals surface area contributed by atoms with Crippen LogP contribution in [0.3, 0.4) is 0 Å². The molecule has 0 aromatic carbocycles. The van der Waals surface area contributed by atoms with Crippen LogP contribution in [0.5, 0.6) is 0 Å². The summed E-state index contributed by atoms with van der Waals surface area (Å²) in [5.74, 6) is 2.35. The number of hydrogen-bond donors (Lipinski definition) is 1. The lowest BCUT2D eigenvalue weighted by Gasteiger charge is -2.30. The minimum Gasteiger partial charge on any atom is -0.461 e. The van der Waals surface area contributed by atoms with Gasteiger partial charge in [0.1, 0.15) is 0 Å². The van der Waals surface area contributed by atoms with E-state index in [9.17, 15) is 0 Å². The molecule has 1 aliphatic carbocycles. The summed E-state index contributed by atoms with van der Waals surface area (Å²) in [4.78, 5) is 6.81. The Labute approximate surface area is 124 Å². The van der Waals surface area contributed by atoms with Gasteiger partial charge in [-0.2, -0.15) is 4.98 Å². The van der Waals surface area contributed by atoms with E-state index in [-0.39, 0.29) is 0 Å². The van der Waals surface area contributed by atoms with Crippen molar-refractivity contribution in [2.75, 3.05) is 13.1 Å². The number of aromatic nitrogens is 2. The highest BCUT2D eigenvalue weighted by molar-refractivity contribution is 5.44. The van der Waals surface area contributed by atoms with Crippen LogP contribution >= 0.6 is 0 Å². The van der Waals surface area contributed by atoms with E-state index in [1.807, 2.05) is 12.1 Å². The Balaban J connectivity index is 1.69. The Bertz CT molecular complexity index is 552. The highest BCUT2D eigenvalue weighted by Crippen LogP contribution is 2.30. The number of rotatable bonds is 6. The molecule has 2 unspecified atom stereocenters. The fraction of sp³-hybridized carbons (Fsp3) is 0.600. The molecular weight excluding hydrogens is 268 g/mol. The first-order valence-electron chi connectivity index (χ1n) is 7.62. The normalized spacial score (nSPS) is 22.2. The molecular formula is C15H22N4O2. The van der Waals surface area contributed by atoms with Crippen LogP contribution in [0, 0.1) is 5.92 Å². The van der Waals surface area contributed by atoms with Crippen molar-refractivity contribution in [2.24, 2.45) is 11.7 Å². The molecule has 2 aromatic rings. The zero-order chi connectivity index (χ0) is 14.7. The molecule has 0 bridgehead atoms. The summed E-state index contributed by atoms with van der Waals surface area (Å²) in [7, 11) is 0. The van der Waals surface area contributed by atoms with Gasteiger partial charge < -0.3 is 14.7 Å². The fourth-order valence-corrected chi connectivity index (χ4v) is 3.24. The van der Waals surface area contributed by atoms with E-state index < -0.39 is 0 Å². The van der Waals surface area contributed by atoms with Gasteiger partial charge in [0.15, 0.2) is 5.76 Å². The Morgan fingerprint density at radius 3 is 3.05 bits per heavy atom. The molecule has 1 aliphatic rings. The summed E-state index contributed by atoms with van der Waals surface area (Å²) in [6, 6.07) is 4.17. The van der Waals surface area contributed by atoms with E-state index in [4.69, 9.17) is 14.7 Å². The first kappa shape index (κ1) is 14.3. The molecule has 6 nitrogen and oxygen atoms in total. The number of nitrogens with zero attached hydrogens (tertiary/aromatic N) is 3. The zero-order valence-corrected chi connectivity index (χ0v) is 12.4. The minimum absolute atomic E-state index is 0.507. The van der Waals surface area contributed by atoms with Gasteiger partial charge in [-0.25, -0.2) is 0 Å². The summed E-state index contributed by atoms with van der Waals surface area (Å²) >= 11 is 0. The average molecular weight is 290 g/mol. The van der Waals surface area contributed by atoms with Crippen molar-refractivity contribution >= 4 is 0 Å². The Morgan fingerprint density at radius 1 is 1.43 bits per heavy atom. The molecule has 2 N–H and O–H groups in total. The monoisotopic (exact) mass is 290 g/mol. The fourth-order valence-electron chi connectivity index (χ4n) is 3.24. The van der Waals surface area contributed by atoms with E-state index in [1.165, 1.54) is 19.3 Å². The SMILES string of the molecule is CCN(Cc1nc(-c2ccco2)no1)C1CCCC1CN. The average Bonchev–Trinajstić information content (AvgIpc) is 3.23. The number of nitrogens with two attached hydrogens (primary N) is 1. The summed E-state index contributed by atoms with van der Waals surface area (Å²) in [5, 5.41) is 3.98. The van der Waals surface area contributed by atoms with Crippen LogP contribution < -0.4 is 5.73 Å². The molecule has 0 radical (unpaired) electrons. The lowest BCUT2D eigenvalue weighted by molar-refractivity contribution is 0.143. The number of furan rings is 1. The first-order valence-corrected chi connectivity index (χ1v) is 7.62. The molecule has 1 saturated carbocycles. The summed E-state index contributed by atoms with van der Waals surface area (Å²) in [5.41, 5.74) is 5.89. The van der Waals surface area contributed by atoms with Gasteiger partial charge in [-0.3, -0.25) is 4.90 Å². The number of hydrogen-bond acceptors (Lipinski definition) is 6. The van der Waals surface area contributed by atoms with Crippen LogP contribution in [-0.4, -0.2) is 34.2 Å². The molecule has 0 amide bonds. The van der Waals surface area contributed by atoms with Crippen molar-refractivity contribution in [3.8, 4) is 11.6 Å². The van der Waals surface area contributed by atoms with E-state index in [0.717, 1.165) is 13.1 Å². The Kier molecular flexibility index (Phi) is 4.36. The van der Waals surface area contributed by atoms with Crippen molar-refractivity contribution < 1.29 is 8.94 Å². The predicted octanol–water partition coefficient (Wildman–Crippen LogP) is 2.28. The topological polar surface area (TPSA) is 81.3 Å².